The van der Waals surface area contributed by atoms with E-state index in [1.165, 1.54) is 4.90 Å². The number of amides is 1. The lowest BCUT2D eigenvalue weighted by Crippen LogP contribution is -2.50. The lowest BCUT2D eigenvalue weighted by atomic mass is 10.0. The summed E-state index contributed by atoms with van der Waals surface area (Å²) in [4.78, 5) is 40.1. The second-order valence-corrected chi connectivity index (χ2v) is 7.10. The fourth-order valence-electron chi connectivity index (χ4n) is 3.23. The number of benzene rings is 2. The van der Waals surface area contributed by atoms with Crippen molar-refractivity contribution in [3.63, 3.8) is 0 Å². The van der Waals surface area contributed by atoms with E-state index in [0.29, 0.717) is 12.0 Å². The van der Waals surface area contributed by atoms with Gasteiger partial charge in [-0.05, 0) is 32.3 Å². The molecule has 0 spiro atoms. The molecule has 0 aliphatic heterocycles. The molecule has 0 heterocycles. The van der Waals surface area contributed by atoms with E-state index < -0.39 is 23.7 Å². The van der Waals surface area contributed by atoms with Crippen LogP contribution in [0, 0.1) is 6.92 Å². The van der Waals surface area contributed by atoms with Crippen molar-refractivity contribution in [2.24, 2.45) is 0 Å². The molecule has 0 radical (unpaired) electrons. The summed E-state index contributed by atoms with van der Waals surface area (Å²) < 4.78 is 5.24. The Morgan fingerprint density at radius 3 is 2.25 bits per heavy atom. The number of hydrogen-bond donors (Lipinski definition) is 0. The van der Waals surface area contributed by atoms with Crippen LogP contribution in [-0.4, -0.2) is 41.3 Å². The van der Waals surface area contributed by atoms with Crippen molar-refractivity contribution in [2.45, 2.75) is 45.2 Å². The minimum Gasteiger partial charge on any atom is -0.464 e. The average molecular weight is 379 g/mol. The molecule has 0 bridgehead atoms. The van der Waals surface area contributed by atoms with Gasteiger partial charge in [-0.25, -0.2) is 4.79 Å². The standard InChI is InChI=1S/C23H25NO4/c1-3-28-23(27)20(15-17-7-5-4-6-8-17)24(19-13-14-19)22(26)21(25)18-11-9-16(2)10-12-18/h4-12,19-20H,3,13-15H2,1-2H3. The Morgan fingerprint density at radius 2 is 1.68 bits per heavy atom. The van der Waals surface area contributed by atoms with Crippen LogP contribution in [0.5, 0.6) is 0 Å². The highest BCUT2D eigenvalue weighted by Gasteiger charge is 2.43. The van der Waals surface area contributed by atoms with Crippen molar-refractivity contribution < 1.29 is 19.1 Å². The Balaban J connectivity index is 1.89. The number of carbonyl (C=O) groups excluding carboxylic acids is 3. The molecule has 5 heteroatoms. The first-order chi connectivity index (χ1) is 13.5. The first kappa shape index (κ1) is 19.8. The first-order valence-corrected chi connectivity index (χ1v) is 9.65. The molecule has 0 saturated heterocycles. The Morgan fingerprint density at radius 1 is 1.04 bits per heavy atom. The van der Waals surface area contributed by atoms with Gasteiger partial charge in [0.05, 0.1) is 6.61 Å². The molecule has 1 amide bonds. The number of Topliss-reactive ketones (excluding diaryl/α,β-unsaturated/α-hetero) is 1. The molecule has 146 valence electrons. The predicted molar refractivity (Wildman–Crippen MR) is 106 cm³/mol. The SMILES string of the molecule is CCOC(=O)C(Cc1ccccc1)N(C(=O)C(=O)c1ccc(C)cc1)C1CC1. The molecule has 1 fully saturated rings. The Labute approximate surface area is 165 Å². The van der Waals surface area contributed by atoms with Crippen molar-refractivity contribution in [1.82, 2.24) is 4.90 Å². The molecule has 2 aromatic carbocycles. The number of esters is 1. The lowest BCUT2D eigenvalue weighted by Gasteiger charge is -2.30. The smallest absolute Gasteiger partial charge is 0.329 e. The van der Waals surface area contributed by atoms with E-state index in [1.807, 2.05) is 37.3 Å². The third-order valence-electron chi connectivity index (χ3n) is 4.85. The van der Waals surface area contributed by atoms with E-state index >= 15 is 0 Å². The number of ketones is 1. The minimum atomic E-state index is -0.809. The van der Waals surface area contributed by atoms with Crippen LogP contribution < -0.4 is 0 Å². The molecule has 1 aliphatic carbocycles. The van der Waals surface area contributed by atoms with Gasteiger partial charge in [0.2, 0.25) is 5.78 Å². The average Bonchev–Trinajstić information content (AvgIpc) is 3.53. The van der Waals surface area contributed by atoms with E-state index in [0.717, 1.165) is 24.0 Å². The maximum atomic E-state index is 13.1. The predicted octanol–water partition coefficient (Wildman–Crippen LogP) is 3.34. The van der Waals surface area contributed by atoms with Gasteiger partial charge in [0.1, 0.15) is 6.04 Å². The molecule has 1 atom stereocenters. The fourth-order valence-corrected chi connectivity index (χ4v) is 3.23. The van der Waals surface area contributed by atoms with Gasteiger partial charge in [-0.2, -0.15) is 0 Å². The summed E-state index contributed by atoms with van der Waals surface area (Å²) >= 11 is 0. The molecule has 28 heavy (non-hydrogen) atoms. The summed E-state index contributed by atoms with van der Waals surface area (Å²) in [6.45, 7) is 3.88. The van der Waals surface area contributed by atoms with E-state index in [-0.39, 0.29) is 12.6 Å². The third-order valence-corrected chi connectivity index (χ3v) is 4.85. The van der Waals surface area contributed by atoms with Gasteiger partial charge in [0, 0.05) is 18.0 Å². The summed E-state index contributed by atoms with van der Waals surface area (Å²) in [7, 11) is 0. The second kappa shape index (κ2) is 8.83. The van der Waals surface area contributed by atoms with Gasteiger partial charge in [-0.15, -0.1) is 0 Å². The molecule has 1 saturated carbocycles. The summed E-state index contributed by atoms with van der Waals surface area (Å²) in [6.07, 6.45) is 1.90. The Hall–Kier alpha value is -2.95. The number of carbonyl (C=O) groups is 3. The Bertz CT molecular complexity index is 841. The van der Waals surface area contributed by atoms with E-state index in [4.69, 9.17) is 4.74 Å². The zero-order valence-electron chi connectivity index (χ0n) is 16.3. The summed E-state index contributed by atoms with van der Waals surface area (Å²) in [6, 6.07) is 15.5. The van der Waals surface area contributed by atoms with Gasteiger partial charge in [0.15, 0.2) is 0 Å². The fraction of sp³-hybridized carbons (Fsp3) is 0.348. The minimum absolute atomic E-state index is 0.0972. The van der Waals surface area contributed by atoms with E-state index in [9.17, 15) is 14.4 Å². The van der Waals surface area contributed by atoms with Crippen molar-refractivity contribution in [2.75, 3.05) is 6.61 Å². The van der Waals surface area contributed by atoms with Crippen molar-refractivity contribution >= 4 is 17.7 Å². The molecular formula is C23H25NO4. The molecule has 0 aromatic heterocycles. The van der Waals surface area contributed by atoms with Crippen LogP contribution in [0.25, 0.3) is 0 Å². The number of ether oxygens (including phenoxy) is 1. The molecule has 3 rings (SSSR count). The molecule has 2 aromatic rings. The Kier molecular flexibility index (Phi) is 6.24. The first-order valence-electron chi connectivity index (χ1n) is 9.65. The zero-order chi connectivity index (χ0) is 20.1. The summed E-state index contributed by atoms with van der Waals surface area (Å²) in [5.74, 6) is -1.70. The second-order valence-electron chi connectivity index (χ2n) is 7.10. The van der Waals surface area contributed by atoms with Crippen molar-refractivity contribution in [1.29, 1.82) is 0 Å². The lowest BCUT2D eigenvalue weighted by molar-refractivity contribution is -0.154. The monoisotopic (exact) mass is 379 g/mol. The summed E-state index contributed by atoms with van der Waals surface area (Å²) in [5, 5.41) is 0. The third kappa shape index (κ3) is 4.66. The van der Waals surface area contributed by atoms with Crippen LogP contribution in [0.2, 0.25) is 0 Å². The van der Waals surface area contributed by atoms with Crippen molar-refractivity contribution in [3.8, 4) is 0 Å². The van der Waals surface area contributed by atoms with Crippen LogP contribution >= 0.6 is 0 Å². The number of hydrogen-bond acceptors (Lipinski definition) is 4. The van der Waals surface area contributed by atoms with Crippen LogP contribution in [-0.2, 0) is 20.7 Å². The van der Waals surface area contributed by atoms with E-state index in [2.05, 4.69) is 0 Å². The normalized spacial score (nSPS) is 14.2. The topological polar surface area (TPSA) is 63.7 Å². The molecule has 1 aliphatic rings. The van der Waals surface area contributed by atoms with Gasteiger partial charge in [-0.3, -0.25) is 9.59 Å². The summed E-state index contributed by atoms with van der Waals surface area (Å²) in [5.41, 5.74) is 2.27. The molecular weight excluding hydrogens is 354 g/mol. The highest BCUT2D eigenvalue weighted by molar-refractivity contribution is 6.43. The largest absolute Gasteiger partial charge is 0.464 e. The van der Waals surface area contributed by atoms with Gasteiger partial charge >= 0.3 is 5.97 Å². The van der Waals surface area contributed by atoms with Gasteiger partial charge < -0.3 is 9.64 Å². The number of rotatable bonds is 8. The van der Waals surface area contributed by atoms with Crippen LogP contribution in [0.4, 0.5) is 0 Å². The molecule has 0 N–H and O–H groups in total. The van der Waals surface area contributed by atoms with Gasteiger partial charge in [0.25, 0.3) is 5.91 Å². The molecule has 5 nitrogen and oxygen atoms in total. The quantitative estimate of drug-likeness (QED) is 0.401. The van der Waals surface area contributed by atoms with E-state index in [1.54, 1.807) is 31.2 Å². The molecule has 1 unspecified atom stereocenters. The zero-order valence-corrected chi connectivity index (χ0v) is 16.3. The number of aryl methyl sites for hydroxylation is 1. The highest BCUT2D eigenvalue weighted by Crippen LogP contribution is 2.31. The van der Waals surface area contributed by atoms with Crippen molar-refractivity contribution in [3.05, 3.63) is 71.3 Å². The van der Waals surface area contributed by atoms with Crippen LogP contribution in [0.15, 0.2) is 54.6 Å². The van der Waals surface area contributed by atoms with Crippen LogP contribution in [0.1, 0.15) is 41.3 Å². The maximum absolute atomic E-state index is 13.1. The highest BCUT2D eigenvalue weighted by atomic mass is 16.5. The maximum Gasteiger partial charge on any atom is 0.329 e. The van der Waals surface area contributed by atoms with Gasteiger partial charge in [-0.1, -0.05) is 60.2 Å². The number of nitrogens with zero attached hydrogens (tertiary/aromatic N) is 1. The van der Waals surface area contributed by atoms with Crippen LogP contribution in [0.3, 0.4) is 0 Å².